The first-order valence-electron chi connectivity index (χ1n) is 6.96. The van der Waals surface area contributed by atoms with E-state index in [9.17, 15) is 5.26 Å². The number of hydrogen-bond donors (Lipinski definition) is 1. The monoisotopic (exact) mass is 240 g/mol. The highest BCUT2D eigenvalue weighted by atomic mass is 14.6. The van der Waals surface area contributed by atoms with Gasteiger partial charge in [0.15, 0.2) is 0 Å². The van der Waals surface area contributed by atoms with E-state index in [1.54, 1.807) is 0 Å². The van der Waals surface area contributed by atoms with Gasteiger partial charge in [0, 0.05) is 5.69 Å². The van der Waals surface area contributed by atoms with Crippen molar-refractivity contribution in [3.05, 3.63) is 28.3 Å². The van der Waals surface area contributed by atoms with E-state index in [1.807, 2.05) is 0 Å². The van der Waals surface area contributed by atoms with Crippen molar-refractivity contribution >= 4 is 5.69 Å². The Balaban J connectivity index is 2.12. The van der Waals surface area contributed by atoms with Crippen molar-refractivity contribution < 1.29 is 0 Å². The smallest absolute Gasteiger partial charge is 0.0994 e. The Morgan fingerprint density at radius 3 is 2.61 bits per heavy atom. The van der Waals surface area contributed by atoms with Gasteiger partial charge in [-0.05, 0) is 66.2 Å². The van der Waals surface area contributed by atoms with Crippen LogP contribution in [0.15, 0.2) is 6.07 Å². The Morgan fingerprint density at radius 1 is 1.33 bits per heavy atom. The number of hydrogen-bond acceptors (Lipinski definition) is 2. The third-order valence-electron chi connectivity index (χ3n) is 4.67. The molecule has 1 aromatic carbocycles. The fourth-order valence-corrected chi connectivity index (χ4v) is 3.38. The van der Waals surface area contributed by atoms with Gasteiger partial charge < -0.3 is 5.73 Å². The van der Waals surface area contributed by atoms with Crippen molar-refractivity contribution in [1.82, 2.24) is 0 Å². The standard InChI is InChI=1S/C16H20N2/c1-9-5-14-12(8-17)7-13(10(2)11-3-4-11)16(18)15(14)6-9/h7,9-11H,3-6,18H2,1-2H3/t9-,10+/m1/s1. The predicted octanol–water partition coefficient (Wildman–Crippen LogP) is 3.39. The van der Waals surface area contributed by atoms with Crippen LogP contribution in [0, 0.1) is 23.2 Å². The molecule has 1 aromatic rings. The van der Waals surface area contributed by atoms with E-state index in [2.05, 4.69) is 26.0 Å². The number of nitrogen functional groups attached to an aromatic ring is 1. The summed E-state index contributed by atoms with van der Waals surface area (Å²) < 4.78 is 0. The highest BCUT2D eigenvalue weighted by Crippen LogP contribution is 2.46. The molecule has 3 rings (SSSR count). The molecule has 18 heavy (non-hydrogen) atoms. The molecule has 0 unspecified atom stereocenters. The second-order valence-electron chi connectivity index (χ2n) is 6.14. The number of fused-ring (bicyclic) bond motifs is 1. The van der Waals surface area contributed by atoms with Crippen molar-refractivity contribution in [3.63, 3.8) is 0 Å². The summed E-state index contributed by atoms with van der Waals surface area (Å²) in [4.78, 5) is 0. The van der Waals surface area contributed by atoms with E-state index in [1.165, 1.54) is 29.5 Å². The third-order valence-corrected chi connectivity index (χ3v) is 4.67. The normalized spacial score (nSPS) is 23.5. The van der Waals surface area contributed by atoms with E-state index in [0.29, 0.717) is 11.8 Å². The summed E-state index contributed by atoms with van der Waals surface area (Å²) in [6.07, 6.45) is 4.69. The molecule has 0 saturated heterocycles. The summed E-state index contributed by atoms with van der Waals surface area (Å²) in [7, 11) is 0. The summed E-state index contributed by atoms with van der Waals surface area (Å²) in [5.41, 5.74) is 11.9. The molecule has 0 aliphatic heterocycles. The second kappa shape index (κ2) is 4.02. The van der Waals surface area contributed by atoms with Crippen LogP contribution in [0.4, 0.5) is 5.69 Å². The minimum absolute atomic E-state index is 0.512. The fourth-order valence-electron chi connectivity index (χ4n) is 3.38. The molecule has 94 valence electrons. The third kappa shape index (κ3) is 1.70. The Bertz CT molecular complexity index is 535. The first-order chi connectivity index (χ1) is 8.61. The molecule has 2 heteroatoms. The molecule has 2 aliphatic rings. The summed E-state index contributed by atoms with van der Waals surface area (Å²) in [5, 5.41) is 9.35. The first kappa shape index (κ1) is 11.6. The van der Waals surface area contributed by atoms with Crippen LogP contribution in [0.1, 0.15) is 54.9 Å². The van der Waals surface area contributed by atoms with Gasteiger partial charge in [0.1, 0.15) is 0 Å². The Hall–Kier alpha value is -1.49. The van der Waals surface area contributed by atoms with Crippen LogP contribution in [0.5, 0.6) is 0 Å². The maximum absolute atomic E-state index is 9.35. The topological polar surface area (TPSA) is 49.8 Å². The average Bonchev–Trinajstić information content (AvgIpc) is 3.12. The van der Waals surface area contributed by atoms with Gasteiger partial charge in [-0.1, -0.05) is 13.8 Å². The zero-order chi connectivity index (χ0) is 12.9. The molecule has 1 saturated carbocycles. The SMILES string of the molecule is C[C@@H]1Cc2c(C#N)cc([C@@H](C)C3CC3)c(N)c2C1. The van der Waals surface area contributed by atoms with Crippen LogP contribution in [-0.4, -0.2) is 0 Å². The Kier molecular flexibility index (Phi) is 2.59. The van der Waals surface area contributed by atoms with Gasteiger partial charge in [-0.25, -0.2) is 0 Å². The average molecular weight is 240 g/mol. The van der Waals surface area contributed by atoms with Crippen LogP contribution in [0.3, 0.4) is 0 Å². The van der Waals surface area contributed by atoms with Gasteiger partial charge in [0.05, 0.1) is 11.6 Å². The first-order valence-corrected chi connectivity index (χ1v) is 6.96. The summed E-state index contributed by atoms with van der Waals surface area (Å²) in [5.74, 6) is 1.93. The molecule has 0 heterocycles. The lowest BCUT2D eigenvalue weighted by Crippen LogP contribution is -2.06. The van der Waals surface area contributed by atoms with E-state index in [0.717, 1.165) is 30.0 Å². The maximum Gasteiger partial charge on any atom is 0.0994 e. The largest absolute Gasteiger partial charge is 0.398 e. The van der Waals surface area contributed by atoms with Gasteiger partial charge in [0.2, 0.25) is 0 Å². The van der Waals surface area contributed by atoms with Crippen molar-refractivity contribution in [1.29, 1.82) is 5.26 Å². The quantitative estimate of drug-likeness (QED) is 0.805. The lowest BCUT2D eigenvalue weighted by Gasteiger charge is -2.17. The van der Waals surface area contributed by atoms with Crippen molar-refractivity contribution in [2.45, 2.75) is 45.4 Å². The zero-order valence-electron chi connectivity index (χ0n) is 11.2. The zero-order valence-corrected chi connectivity index (χ0v) is 11.2. The van der Waals surface area contributed by atoms with Gasteiger partial charge in [-0.2, -0.15) is 5.26 Å². The van der Waals surface area contributed by atoms with Crippen LogP contribution in [-0.2, 0) is 12.8 Å². The van der Waals surface area contributed by atoms with E-state index < -0.39 is 0 Å². The number of anilines is 1. The highest BCUT2D eigenvalue weighted by Gasteiger charge is 2.33. The molecule has 0 spiro atoms. The molecular formula is C16H20N2. The molecule has 0 radical (unpaired) electrons. The minimum atomic E-state index is 0.512. The summed E-state index contributed by atoms with van der Waals surface area (Å²) in [6, 6.07) is 4.44. The van der Waals surface area contributed by atoms with Gasteiger partial charge in [0.25, 0.3) is 0 Å². The summed E-state index contributed by atoms with van der Waals surface area (Å²) >= 11 is 0. The lowest BCUT2D eigenvalue weighted by molar-refractivity contribution is 0.627. The predicted molar refractivity (Wildman–Crippen MR) is 73.3 cm³/mol. The van der Waals surface area contributed by atoms with E-state index in [-0.39, 0.29) is 0 Å². The van der Waals surface area contributed by atoms with E-state index in [4.69, 9.17) is 5.73 Å². The second-order valence-corrected chi connectivity index (χ2v) is 6.14. The fraction of sp³-hybridized carbons (Fsp3) is 0.562. The molecule has 2 nitrogen and oxygen atoms in total. The number of nitriles is 1. The molecule has 2 atom stereocenters. The number of rotatable bonds is 2. The minimum Gasteiger partial charge on any atom is -0.398 e. The molecule has 1 fully saturated rings. The van der Waals surface area contributed by atoms with E-state index >= 15 is 0 Å². The molecule has 2 aliphatic carbocycles. The summed E-state index contributed by atoms with van der Waals surface area (Å²) in [6.45, 7) is 4.50. The number of nitrogens with zero attached hydrogens (tertiary/aromatic N) is 1. The molecular weight excluding hydrogens is 220 g/mol. The van der Waals surface area contributed by atoms with Crippen molar-refractivity contribution in [2.75, 3.05) is 5.73 Å². The molecule has 0 bridgehead atoms. The lowest BCUT2D eigenvalue weighted by atomic mass is 9.89. The molecule has 2 N–H and O–H groups in total. The number of nitrogens with two attached hydrogens (primary N) is 1. The molecule has 0 amide bonds. The Morgan fingerprint density at radius 2 is 2.00 bits per heavy atom. The highest BCUT2D eigenvalue weighted by molar-refractivity contribution is 5.65. The van der Waals surface area contributed by atoms with Gasteiger partial charge in [-0.15, -0.1) is 0 Å². The number of benzene rings is 1. The van der Waals surface area contributed by atoms with Crippen LogP contribution >= 0.6 is 0 Å². The van der Waals surface area contributed by atoms with Gasteiger partial charge >= 0.3 is 0 Å². The molecule has 0 aromatic heterocycles. The van der Waals surface area contributed by atoms with Crippen LogP contribution in [0.2, 0.25) is 0 Å². The maximum atomic E-state index is 9.35. The van der Waals surface area contributed by atoms with Crippen LogP contribution < -0.4 is 5.73 Å². The van der Waals surface area contributed by atoms with Crippen molar-refractivity contribution in [2.24, 2.45) is 11.8 Å². The Labute approximate surface area is 109 Å². The van der Waals surface area contributed by atoms with Crippen LogP contribution in [0.25, 0.3) is 0 Å². The van der Waals surface area contributed by atoms with Crippen molar-refractivity contribution in [3.8, 4) is 6.07 Å². The van der Waals surface area contributed by atoms with Gasteiger partial charge in [-0.3, -0.25) is 0 Å².